The van der Waals surface area contributed by atoms with E-state index in [-0.39, 0.29) is 24.5 Å². The zero-order valence-electron chi connectivity index (χ0n) is 14.6. The summed E-state index contributed by atoms with van der Waals surface area (Å²) in [5, 5.41) is 4.08. The van der Waals surface area contributed by atoms with Crippen LogP contribution in [0.4, 0.5) is 0 Å². The van der Waals surface area contributed by atoms with Crippen molar-refractivity contribution in [1.29, 1.82) is 0 Å². The van der Waals surface area contributed by atoms with Crippen LogP contribution in [0.1, 0.15) is 31.5 Å². The van der Waals surface area contributed by atoms with Gasteiger partial charge in [-0.15, -0.1) is 0 Å². The minimum Gasteiger partial charge on any atom is -0.484 e. The van der Waals surface area contributed by atoms with Crippen LogP contribution in [0.15, 0.2) is 34.9 Å². The number of hydrogen-bond acceptors (Lipinski definition) is 6. The van der Waals surface area contributed by atoms with Gasteiger partial charge in [-0.1, -0.05) is 30.3 Å². The summed E-state index contributed by atoms with van der Waals surface area (Å²) in [6.07, 6.45) is 1.80. The van der Waals surface area contributed by atoms with E-state index in [1.165, 1.54) is 0 Å². The number of piperidine rings is 1. The molecular weight excluding hydrogens is 322 g/mol. The van der Waals surface area contributed by atoms with E-state index in [1.807, 2.05) is 35.2 Å². The molecule has 1 aromatic carbocycles. The van der Waals surface area contributed by atoms with E-state index < -0.39 is 0 Å². The van der Waals surface area contributed by atoms with Gasteiger partial charge in [0.2, 0.25) is 0 Å². The highest BCUT2D eigenvalue weighted by molar-refractivity contribution is 5.78. The number of ether oxygens (including phenoxy) is 2. The van der Waals surface area contributed by atoms with Crippen molar-refractivity contribution in [3.8, 4) is 5.75 Å². The Morgan fingerprint density at radius 2 is 2.16 bits per heavy atom. The number of nitrogens with zero attached hydrogens (tertiary/aromatic N) is 3. The van der Waals surface area contributed by atoms with Crippen molar-refractivity contribution in [3.63, 3.8) is 0 Å². The van der Waals surface area contributed by atoms with E-state index in [2.05, 4.69) is 17.1 Å². The predicted octanol–water partition coefficient (Wildman–Crippen LogP) is 2.18. The second kappa shape index (κ2) is 7.65. The molecule has 0 N–H and O–H groups in total. The van der Waals surface area contributed by atoms with Crippen LogP contribution in [0.2, 0.25) is 0 Å². The van der Waals surface area contributed by atoms with Crippen LogP contribution in [-0.4, -0.2) is 47.8 Å². The molecule has 0 radical (unpaired) electrons. The Hall–Kier alpha value is -2.41. The van der Waals surface area contributed by atoms with Crippen LogP contribution in [-0.2, 0) is 21.6 Å². The molecule has 25 heavy (non-hydrogen) atoms. The number of hydrogen-bond donors (Lipinski definition) is 0. The van der Waals surface area contributed by atoms with Gasteiger partial charge in [-0.3, -0.25) is 4.79 Å². The SMILES string of the molecule is COCc1nc(C2(C)CCCN(C(=O)COc3ccccc3)C2)no1. The van der Waals surface area contributed by atoms with Gasteiger partial charge in [-0.25, -0.2) is 0 Å². The zero-order chi connectivity index (χ0) is 17.7. The highest BCUT2D eigenvalue weighted by Gasteiger charge is 2.38. The smallest absolute Gasteiger partial charge is 0.260 e. The first kappa shape index (κ1) is 17.4. The van der Waals surface area contributed by atoms with Crippen molar-refractivity contribution in [1.82, 2.24) is 15.0 Å². The molecule has 0 spiro atoms. The van der Waals surface area contributed by atoms with E-state index in [0.29, 0.717) is 24.0 Å². The minimum absolute atomic E-state index is 0.0290. The Bertz CT molecular complexity index is 703. The molecular formula is C18H23N3O4. The third kappa shape index (κ3) is 4.17. The quantitative estimate of drug-likeness (QED) is 0.798. The van der Waals surface area contributed by atoms with Gasteiger partial charge in [0.1, 0.15) is 12.4 Å². The number of rotatable bonds is 6. The molecule has 1 atom stereocenters. The van der Waals surface area contributed by atoms with Crippen LogP contribution < -0.4 is 4.74 Å². The molecule has 2 aromatic rings. The van der Waals surface area contributed by atoms with Crippen molar-refractivity contribution in [2.45, 2.75) is 31.8 Å². The molecule has 1 unspecified atom stereocenters. The Morgan fingerprint density at radius 1 is 1.36 bits per heavy atom. The fourth-order valence-corrected chi connectivity index (χ4v) is 3.07. The van der Waals surface area contributed by atoms with Gasteiger partial charge >= 0.3 is 0 Å². The maximum atomic E-state index is 12.5. The van der Waals surface area contributed by atoms with E-state index in [4.69, 9.17) is 14.0 Å². The van der Waals surface area contributed by atoms with Crippen molar-refractivity contribution in [3.05, 3.63) is 42.0 Å². The average Bonchev–Trinajstić information content (AvgIpc) is 3.10. The molecule has 3 rings (SSSR count). The summed E-state index contributed by atoms with van der Waals surface area (Å²) in [5.74, 6) is 1.74. The summed E-state index contributed by atoms with van der Waals surface area (Å²) in [6.45, 7) is 3.65. The van der Waals surface area contributed by atoms with Crippen LogP contribution in [0.3, 0.4) is 0 Å². The number of carbonyl (C=O) groups excluding carboxylic acids is 1. The number of methoxy groups -OCH3 is 1. The largest absolute Gasteiger partial charge is 0.484 e. The van der Waals surface area contributed by atoms with Gasteiger partial charge in [-0.05, 0) is 25.0 Å². The van der Waals surface area contributed by atoms with Gasteiger partial charge < -0.3 is 18.9 Å². The Balaban J connectivity index is 1.62. The number of para-hydroxylation sites is 1. The van der Waals surface area contributed by atoms with Crippen molar-refractivity contribution < 1.29 is 18.8 Å². The normalized spacial score (nSPS) is 20.5. The fraction of sp³-hybridized carbons (Fsp3) is 0.500. The molecule has 1 fully saturated rings. The van der Waals surface area contributed by atoms with Crippen LogP contribution in [0, 0.1) is 0 Å². The number of benzene rings is 1. The lowest BCUT2D eigenvalue weighted by Gasteiger charge is -2.38. The van der Waals surface area contributed by atoms with Crippen molar-refractivity contribution in [2.75, 3.05) is 26.8 Å². The molecule has 134 valence electrons. The lowest BCUT2D eigenvalue weighted by Crippen LogP contribution is -2.49. The van der Waals surface area contributed by atoms with Crippen molar-refractivity contribution >= 4 is 5.91 Å². The first-order chi connectivity index (χ1) is 12.1. The maximum Gasteiger partial charge on any atom is 0.260 e. The highest BCUT2D eigenvalue weighted by atomic mass is 16.5. The summed E-state index contributed by atoms with van der Waals surface area (Å²) in [7, 11) is 1.58. The second-order valence-electron chi connectivity index (χ2n) is 6.53. The average molecular weight is 345 g/mol. The standard InChI is InChI=1S/C18H23N3O4/c1-18(17-19-15(11-23-2)25-20-17)9-6-10-21(13-18)16(22)12-24-14-7-4-3-5-8-14/h3-5,7-8H,6,9-13H2,1-2H3. The number of likely N-dealkylation sites (tertiary alicyclic amines) is 1. The summed E-state index contributed by atoms with van der Waals surface area (Å²) < 4.78 is 15.8. The lowest BCUT2D eigenvalue weighted by molar-refractivity contribution is -0.135. The third-order valence-corrected chi connectivity index (χ3v) is 4.43. The van der Waals surface area contributed by atoms with Crippen LogP contribution >= 0.6 is 0 Å². The van der Waals surface area contributed by atoms with Gasteiger partial charge in [-0.2, -0.15) is 4.98 Å². The lowest BCUT2D eigenvalue weighted by atomic mass is 9.81. The molecule has 1 saturated heterocycles. The van der Waals surface area contributed by atoms with Crippen LogP contribution in [0.5, 0.6) is 5.75 Å². The first-order valence-electron chi connectivity index (χ1n) is 8.38. The summed E-state index contributed by atoms with van der Waals surface area (Å²) in [6, 6.07) is 9.35. The van der Waals surface area contributed by atoms with E-state index >= 15 is 0 Å². The zero-order valence-corrected chi connectivity index (χ0v) is 14.6. The molecule has 2 heterocycles. The molecule has 1 amide bonds. The van der Waals surface area contributed by atoms with Gasteiger partial charge in [0.15, 0.2) is 12.4 Å². The number of amides is 1. The molecule has 1 aliphatic rings. The Kier molecular flexibility index (Phi) is 5.33. The predicted molar refractivity (Wildman–Crippen MR) is 90.1 cm³/mol. The summed E-state index contributed by atoms with van der Waals surface area (Å²) in [5.41, 5.74) is -0.323. The fourth-order valence-electron chi connectivity index (χ4n) is 3.07. The summed E-state index contributed by atoms with van der Waals surface area (Å²) in [4.78, 5) is 18.7. The molecule has 7 heteroatoms. The van der Waals surface area contributed by atoms with Crippen LogP contribution in [0.25, 0.3) is 0 Å². The Labute approximate surface area is 146 Å². The van der Waals surface area contributed by atoms with Crippen molar-refractivity contribution in [2.24, 2.45) is 0 Å². The summed E-state index contributed by atoms with van der Waals surface area (Å²) >= 11 is 0. The van der Waals surface area contributed by atoms with E-state index in [1.54, 1.807) is 7.11 Å². The Morgan fingerprint density at radius 3 is 2.92 bits per heavy atom. The molecule has 0 saturated carbocycles. The number of carbonyl (C=O) groups is 1. The number of aromatic nitrogens is 2. The molecule has 1 aliphatic heterocycles. The molecule has 7 nitrogen and oxygen atoms in total. The monoisotopic (exact) mass is 345 g/mol. The second-order valence-corrected chi connectivity index (χ2v) is 6.53. The first-order valence-corrected chi connectivity index (χ1v) is 8.38. The topological polar surface area (TPSA) is 77.7 Å². The molecule has 0 bridgehead atoms. The van der Waals surface area contributed by atoms with E-state index in [0.717, 1.165) is 19.4 Å². The van der Waals surface area contributed by atoms with E-state index in [9.17, 15) is 4.79 Å². The van der Waals surface area contributed by atoms with Gasteiger partial charge in [0.25, 0.3) is 11.8 Å². The highest BCUT2D eigenvalue weighted by Crippen LogP contribution is 2.32. The van der Waals surface area contributed by atoms with Gasteiger partial charge in [0.05, 0.1) is 0 Å². The maximum absolute atomic E-state index is 12.5. The minimum atomic E-state index is -0.323. The molecule has 0 aliphatic carbocycles. The third-order valence-electron chi connectivity index (χ3n) is 4.43. The molecule has 1 aromatic heterocycles. The van der Waals surface area contributed by atoms with Gasteiger partial charge in [0, 0.05) is 25.6 Å².